The zero-order valence-corrected chi connectivity index (χ0v) is 12.2. The molecule has 19 heavy (non-hydrogen) atoms. The van der Waals surface area contributed by atoms with Crippen molar-refractivity contribution >= 4 is 10.0 Å². The fourth-order valence-corrected chi connectivity index (χ4v) is 5.86. The average Bonchev–Trinajstić information content (AvgIpc) is 2.64. The molecule has 3 rings (SSSR count). The first kappa shape index (κ1) is 13.8. The van der Waals surface area contributed by atoms with Crippen LogP contribution in [0.2, 0.25) is 0 Å². The second-order valence-electron chi connectivity index (χ2n) is 5.97. The lowest BCUT2D eigenvalue weighted by atomic mass is 10.1. The summed E-state index contributed by atoms with van der Waals surface area (Å²) < 4.78 is 32.8. The SMILES string of the molecule is O=S(=O)(C[C@H]1CCCCO1)N1[C@H]2CCNC[C@H]1CC2. The Hall–Kier alpha value is -0.170. The molecule has 3 aliphatic heterocycles. The smallest absolute Gasteiger partial charge is 0.217 e. The minimum Gasteiger partial charge on any atom is -0.377 e. The molecule has 1 N–H and O–H groups in total. The molecule has 0 aromatic carbocycles. The first-order valence-electron chi connectivity index (χ1n) is 7.50. The third-order valence-electron chi connectivity index (χ3n) is 4.58. The molecule has 0 aromatic heterocycles. The molecule has 0 amide bonds. The molecule has 0 unspecified atom stereocenters. The lowest BCUT2D eigenvalue weighted by Gasteiger charge is -2.30. The molecule has 5 nitrogen and oxygen atoms in total. The Balaban J connectivity index is 1.71. The van der Waals surface area contributed by atoms with Gasteiger partial charge in [0.1, 0.15) is 0 Å². The maximum absolute atomic E-state index is 12.7. The molecule has 110 valence electrons. The van der Waals surface area contributed by atoms with Crippen molar-refractivity contribution in [3.63, 3.8) is 0 Å². The number of fused-ring (bicyclic) bond motifs is 2. The van der Waals surface area contributed by atoms with Crippen molar-refractivity contribution in [3.05, 3.63) is 0 Å². The van der Waals surface area contributed by atoms with Crippen LogP contribution < -0.4 is 5.32 Å². The van der Waals surface area contributed by atoms with Crippen LogP contribution in [0.15, 0.2) is 0 Å². The molecule has 0 aliphatic carbocycles. The van der Waals surface area contributed by atoms with Gasteiger partial charge in [0.05, 0.1) is 11.9 Å². The quantitative estimate of drug-likeness (QED) is 0.831. The summed E-state index contributed by atoms with van der Waals surface area (Å²) in [4.78, 5) is 0. The summed E-state index contributed by atoms with van der Waals surface area (Å²) in [6.07, 6.45) is 5.93. The first-order valence-corrected chi connectivity index (χ1v) is 9.11. The molecule has 6 heteroatoms. The van der Waals surface area contributed by atoms with E-state index in [2.05, 4.69) is 5.32 Å². The molecular formula is C13H24N2O3S. The number of ether oxygens (including phenoxy) is 1. The predicted octanol–water partition coefficient (Wildman–Crippen LogP) is 0.712. The summed E-state index contributed by atoms with van der Waals surface area (Å²) >= 11 is 0. The molecular weight excluding hydrogens is 264 g/mol. The Morgan fingerprint density at radius 2 is 1.95 bits per heavy atom. The van der Waals surface area contributed by atoms with Crippen molar-refractivity contribution in [2.45, 2.75) is 56.7 Å². The molecule has 0 saturated carbocycles. The Labute approximate surface area is 115 Å². The van der Waals surface area contributed by atoms with Gasteiger partial charge in [-0.1, -0.05) is 0 Å². The largest absolute Gasteiger partial charge is 0.377 e. The van der Waals surface area contributed by atoms with Gasteiger partial charge in [0, 0.05) is 25.2 Å². The molecule has 3 aliphatic rings. The van der Waals surface area contributed by atoms with E-state index in [9.17, 15) is 8.42 Å². The minimum atomic E-state index is -3.17. The Morgan fingerprint density at radius 3 is 2.74 bits per heavy atom. The summed E-state index contributed by atoms with van der Waals surface area (Å²) in [6.45, 7) is 2.46. The van der Waals surface area contributed by atoms with E-state index in [0.29, 0.717) is 6.61 Å². The van der Waals surface area contributed by atoms with Crippen molar-refractivity contribution in [1.29, 1.82) is 0 Å². The monoisotopic (exact) mass is 288 g/mol. The highest BCUT2D eigenvalue weighted by Gasteiger charge is 2.43. The van der Waals surface area contributed by atoms with Crippen LogP contribution in [-0.4, -0.2) is 56.4 Å². The van der Waals surface area contributed by atoms with E-state index < -0.39 is 10.0 Å². The number of nitrogens with one attached hydrogen (secondary N) is 1. The van der Waals surface area contributed by atoms with Gasteiger partial charge in [0.2, 0.25) is 10.0 Å². The molecule has 3 atom stereocenters. The van der Waals surface area contributed by atoms with E-state index >= 15 is 0 Å². The second kappa shape index (κ2) is 5.68. The number of nitrogens with zero attached hydrogens (tertiary/aromatic N) is 1. The zero-order valence-electron chi connectivity index (χ0n) is 11.4. The summed E-state index contributed by atoms with van der Waals surface area (Å²) in [5.41, 5.74) is 0. The molecule has 0 radical (unpaired) electrons. The van der Waals surface area contributed by atoms with Gasteiger partial charge < -0.3 is 10.1 Å². The zero-order chi connectivity index (χ0) is 13.3. The maximum atomic E-state index is 12.7. The molecule has 0 aromatic rings. The fraction of sp³-hybridized carbons (Fsp3) is 1.00. The summed E-state index contributed by atoms with van der Waals surface area (Å²) in [5, 5.41) is 3.35. The fourth-order valence-electron chi connectivity index (χ4n) is 3.65. The van der Waals surface area contributed by atoms with Crippen LogP contribution in [0.25, 0.3) is 0 Å². The van der Waals surface area contributed by atoms with Crippen LogP contribution in [0.5, 0.6) is 0 Å². The van der Waals surface area contributed by atoms with Gasteiger partial charge in [0.15, 0.2) is 0 Å². The standard InChI is InChI=1S/C13H24N2O3S/c16-19(17,10-13-3-1-2-8-18-13)15-11-4-5-12(15)9-14-7-6-11/h11-14H,1-10H2/t11-,12-,13-/m1/s1. The van der Waals surface area contributed by atoms with E-state index in [1.165, 1.54) is 0 Å². The van der Waals surface area contributed by atoms with Crippen molar-refractivity contribution in [2.75, 3.05) is 25.4 Å². The molecule has 2 bridgehead atoms. The summed E-state index contributed by atoms with van der Waals surface area (Å²) in [5.74, 6) is 0.181. The van der Waals surface area contributed by atoms with Crippen LogP contribution >= 0.6 is 0 Å². The van der Waals surface area contributed by atoms with Gasteiger partial charge in [-0.3, -0.25) is 0 Å². The molecule has 0 spiro atoms. The van der Waals surface area contributed by atoms with Gasteiger partial charge in [-0.05, 0) is 45.1 Å². The van der Waals surface area contributed by atoms with Gasteiger partial charge in [-0.25, -0.2) is 8.42 Å². The van der Waals surface area contributed by atoms with E-state index in [4.69, 9.17) is 4.74 Å². The van der Waals surface area contributed by atoms with Crippen LogP contribution in [-0.2, 0) is 14.8 Å². The Bertz CT molecular complexity index is 392. The normalized spacial score (nSPS) is 37.2. The maximum Gasteiger partial charge on any atom is 0.217 e. The Morgan fingerprint density at radius 1 is 1.11 bits per heavy atom. The van der Waals surface area contributed by atoms with E-state index in [1.807, 2.05) is 4.31 Å². The highest BCUT2D eigenvalue weighted by atomic mass is 32.2. The number of hydrogen-bond donors (Lipinski definition) is 1. The van der Waals surface area contributed by atoms with Crippen molar-refractivity contribution < 1.29 is 13.2 Å². The topological polar surface area (TPSA) is 58.6 Å². The minimum absolute atomic E-state index is 0.0886. The average molecular weight is 288 g/mol. The van der Waals surface area contributed by atoms with Crippen molar-refractivity contribution in [1.82, 2.24) is 9.62 Å². The van der Waals surface area contributed by atoms with E-state index in [-0.39, 0.29) is 23.9 Å². The van der Waals surface area contributed by atoms with Gasteiger partial charge >= 0.3 is 0 Å². The molecule has 3 saturated heterocycles. The third-order valence-corrected chi connectivity index (χ3v) is 6.61. The Kier molecular flexibility index (Phi) is 4.12. The van der Waals surface area contributed by atoms with Gasteiger partial charge in [0.25, 0.3) is 0 Å². The summed E-state index contributed by atoms with van der Waals surface area (Å²) in [7, 11) is -3.17. The van der Waals surface area contributed by atoms with Crippen LogP contribution in [0.3, 0.4) is 0 Å². The predicted molar refractivity (Wildman–Crippen MR) is 73.5 cm³/mol. The molecule has 3 fully saturated rings. The first-order chi connectivity index (χ1) is 9.17. The third kappa shape index (κ3) is 2.96. The number of hydrogen-bond acceptors (Lipinski definition) is 4. The molecule has 3 heterocycles. The van der Waals surface area contributed by atoms with E-state index in [1.54, 1.807) is 0 Å². The van der Waals surface area contributed by atoms with Crippen LogP contribution in [0.4, 0.5) is 0 Å². The van der Waals surface area contributed by atoms with E-state index in [0.717, 1.165) is 51.6 Å². The van der Waals surface area contributed by atoms with Crippen molar-refractivity contribution in [3.8, 4) is 0 Å². The van der Waals surface area contributed by atoms with Crippen molar-refractivity contribution in [2.24, 2.45) is 0 Å². The highest BCUT2D eigenvalue weighted by Crippen LogP contribution is 2.31. The highest BCUT2D eigenvalue weighted by molar-refractivity contribution is 7.89. The van der Waals surface area contributed by atoms with Crippen LogP contribution in [0.1, 0.15) is 38.5 Å². The second-order valence-corrected chi connectivity index (χ2v) is 7.89. The summed E-state index contributed by atoms with van der Waals surface area (Å²) in [6, 6.07) is 0.384. The lowest BCUT2D eigenvalue weighted by molar-refractivity contribution is 0.0297. The van der Waals surface area contributed by atoms with Gasteiger partial charge in [-0.15, -0.1) is 0 Å². The number of sulfonamides is 1. The van der Waals surface area contributed by atoms with Gasteiger partial charge in [-0.2, -0.15) is 4.31 Å². The number of rotatable bonds is 3. The van der Waals surface area contributed by atoms with Crippen LogP contribution in [0, 0.1) is 0 Å². The lowest BCUT2D eigenvalue weighted by Crippen LogP contribution is -2.46.